The zero-order valence-electron chi connectivity index (χ0n) is 11.9. The van der Waals surface area contributed by atoms with Gasteiger partial charge in [0, 0.05) is 25.2 Å². The molecule has 0 radical (unpaired) electrons. The summed E-state index contributed by atoms with van der Waals surface area (Å²) in [6.07, 6.45) is 0.0912. The van der Waals surface area contributed by atoms with E-state index >= 15 is 0 Å². The fourth-order valence-corrected chi connectivity index (χ4v) is 2.48. The molecule has 0 spiro atoms. The number of benzene rings is 1. The molecule has 0 saturated carbocycles. The first-order valence-electron chi connectivity index (χ1n) is 6.74. The molecule has 1 aliphatic heterocycles. The van der Waals surface area contributed by atoms with E-state index in [0.29, 0.717) is 19.7 Å². The number of amides is 1. The van der Waals surface area contributed by atoms with Crippen LogP contribution in [0.2, 0.25) is 0 Å². The van der Waals surface area contributed by atoms with Crippen LogP contribution in [0.15, 0.2) is 18.2 Å². The molecule has 1 aromatic carbocycles. The third-order valence-corrected chi connectivity index (χ3v) is 3.47. The zero-order chi connectivity index (χ0) is 13.8. The molecular weight excluding hydrogens is 240 g/mol. The largest absolute Gasteiger partial charge is 0.373 e. The van der Waals surface area contributed by atoms with E-state index in [1.807, 2.05) is 37.9 Å². The number of nitrogens with zero attached hydrogens (tertiary/aromatic N) is 1. The van der Waals surface area contributed by atoms with Crippen LogP contribution in [0.4, 0.5) is 0 Å². The van der Waals surface area contributed by atoms with Gasteiger partial charge in [0.2, 0.25) is 0 Å². The first-order valence-corrected chi connectivity index (χ1v) is 6.74. The van der Waals surface area contributed by atoms with Gasteiger partial charge in [-0.2, -0.15) is 0 Å². The summed E-state index contributed by atoms with van der Waals surface area (Å²) in [5.41, 5.74) is 3.03. The van der Waals surface area contributed by atoms with Gasteiger partial charge in [-0.1, -0.05) is 17.7 Å². The van der Waals surface area contributed by atoms with Gasteiger partial charge < -0.3 is 15.0 Å². The van der Waals surface area contributed by atoms with Gasteiger partial charge >= 0.3 is 0 Å². The van der Waals surface area contributed by atoms with Gasteiger partial charge in [0.25, 0.3) is 5.91 Å². The molecule has 4 heteroatoms. The first kappa shape index (κ1) is 14.0. The van der Waals surface area contributed by atoms with Crippen molar-refractivity contribution in [2.24, 2.45) is 0 Å². The Hall–Kier alpha value is -1.39. The van der Waals surface area contributed by atoms with E-state index in [-0.39, 0.29) is 12.0 Å². The van der Waals surface area contributed by atoms with Crippen LogP contribution >= 0.6 is 0 Å². The molecule has 1 aliphatic rings. The van der Waals surface area contributed by atoms with Crippen LogP contribution in [0.5, 0.6) is 0 Å². The Kier molecular flexibility index (Phi) is 4.56. The van der Waals surface area contributed by atoms with Crippen molar-refractivity contribution < 1.29 is 9.53 Å². The van der Waals surface area contributed by atoms with Crippen LogP contribution in [0.3, 0.4) is 0 Å². The molecule has 2 rings (SSSR count). The normalized spacial score (nSPS) is 19.5. The Morgan fingerprint density at radius 2 is 2.26 bits per heavy atom. The van der Waals surface area contributed by atoms with Crippen LogP contribution in [0.25, 0.3) is 0 Å². The number of hydrogen-bond acceptors (Lipinski definition) is 3. The second-order valence-corrected chi connectivity index (χ2v) is 5.12. The number of likely N-dealkylation sites (N-methyl/N-ethyl adjacent to an activating group) is 1. The molecule has 1 atom stereocenters. The highest BCUT2D eigenvalue weighted by atomic mass is 16.5. The van der Waals surface area contributed by atoms with E-state index in [1.54, 1.807) is 0 Å². The lowest BCUT2D eigenvalue weighted by molar-refractivity contribution is -0.0196. The van der Waals surface area contributed by atoms with Crippen molar-refractivity contribution in [2.45, 2.75) is 20.0 Å². The van der Waals surface area contributed by atoms with Gasteiger partial charge in [-0.25, -0.2) is 0 Å². The number of aryl methyl sites for hydroxylation is 2. The standard InChI is InChI=1S/C15H22N2O2/c1-11-4-5-14(12(2)8-11)15(18)17-6-7-19-13(10-17)9-16-3/h4-5,8,13,16H,6-7,9-10H2,1-3H3. The molecule has 0 aromatic heterocycles. The van der Waals surface area contributed by atoms with E-state index in [1.165, 1.54) is 5.56 Å². The van der Waals surface area contributed by atoms with Crippen LogP contribution in [0.1, 0.15) is 21.5 Å². The number of rotatable bonds is 3. The summed E-state index contributed by atoms with van der Waals surface area (Å²) in [5.74, 6) is 0.113. The second kappa shape index (κ2) is 6.17. The molecule has 104 valence electrons. The fraction of sp³-hybridized carbons (Fsp3) is 0.533. The average Bonchev–Trinajstić information content (AvgIpc) is 2.39. The third-order valence-electron chi connectivity index (χ3n) is 3.47. The van der Waals surface area contributed by atoms with Gasteiger partial charge in [0.05, 0.1) is 12.7 Å². The molecule has 1 amide bonds. The molecular formula is C15H22N2O2. The monoisotopic (exact) mass is 262 g/mol. The molecule has 1 fully saturated rings. The summed E-state index contributed by atoms with van der Waals surface area (Å²) < 4.78 is 5.63. The second-order valence-electron chi connectivity index (χ2n) is 5.12. The number of nitrogens with one attached hydrogen (secondary N) is 1. The maximum absolute atomic E-state index is 12.5. The Morgan fingerprint density at radius 3 is 2.95 bits per heavy atom. The third kappa shape index (κ3) is 3.33. The van der Waals surface area contributed by atoms with Gasteiger partial charge in [-0.05, 0) is 32.5 Å². The Balaban J connectivity index is 2.10. The van der Waals surface area contributed by atoms with Crippen LogP contribution in [-0.2, 0) is 4.74 Å². The predicted octanol–water partition coefficient (Wildman–Crippen LogP) is 1.36. The fourth-order valence-electron chi connectivity index (χ4n) is 2.48. The molecule has 1 unspecified atom stereocenters. The van der Waals surface area contributed by atoms with Crippen molar-refractivity contribution in [2.75, 3.05) is 33.3 Å². The highest BCUT2D eigenvalue weighted by molar-refractivity contribution is 5.95. The van der Waals surface area contributed by atoms with Crippen molar-refractivity contribution in [3.63, 3.8) is 0 Å². The summed E-state index contributed by atoms with van der Waals surface area (Å²) in [5, 5.41) is 3.09. The van der Waals surface area contributed by atoms with E-state index in [4.69, 9.17) is 4.74 Å². The van der Waals surface area contributed by atoms with Crippen molar-refractivity contribution >= 4 is 5.91 Å². The SMILES string of the molecule is CNCC1CN(C(=O)c2ccc(C)cc2C)CCO1. The van der Waals surface area contributed by atoms with Gasteiger partial charge in [0.15, 0.2) is 0 Å². The topological polar surface area (TPSA) is 41.6 Å². The minimum absolute atomic E-state index is 0.0912. The minimum atomic E-state index is 0.0912. The minimum Gasteiger partial charge on any atom is -0.373 e. The molecule has 4 nitrogen and oxygen atoms in total. The smallest absolute Gasteiger partial charge is 0.254 e. The van der Waals surface area contributed by atoms with Crippen molar-refractivity contribution in [3.05, 3.63) is 34.9 Å². The zero-order valence-corrected chi connectivity index (χ0v) is 11.9. The maximum atomic E-state index is 12.5. The lowest BCUT2D eigenvalue weighted by Crippen LogP contribution is -2.48. The van der Waals surface area contributed by atoms with Crippen LogP contribution in [0, 0.1) is 13.8 Å². The summed E-state index contributed by atoms with van der Waals surface area (Å²) in [7, 11) is 1.90. The Labute approximate surface area is 114 Å². The van der Waals surface area contributed by atoms with E-state index in [0.717, 1.165) is 17.7 Å². The number of morpholine rings is 1. The summed E-state index contributed by atoms with van der Waals surface area (Å²) >= 11 is 0. The van der Waals surface area contributed by atoms with E-state index in [9.17, 15) is 4.79 Å². The van der Waals surface area contributed by atoms with Crippen LogP contribution in [-0.4, -0.2) is 50.2 Å². The predicted molar refractivity (Wildman–Crippen MR) is 75.5 cm³/mol. The lowest BCUT2D eigenvalue weighted by Gasteiger charge is -2.33. The van der Waals surface area contributed by atoms with Gasteiger partial charge in [-0.3, -0.25) is 4.79 Å². The molecule has 19 heavy (non-hydrogen) atoms. The average molecular weight is 262 g/mol. The van der Waals surface area contributed by atoms with Gasteiger partial charge in [0.1, 0.15) is 0 Å². The van der Waals surface area contributed by atoms with Gasteiger partial charge in [-0.15, -0.1) is 0 Å². The highest BCUT2D eigenvalue weighted by Gasteiger charge is 2.25. The molecule has 0 aliphatic carbocycles. The quantitative estimate of drug-likeness (QED) is 0.894. The molecule has 1 saturated heterocycles. The number of ether oxygens (including phenoxy) is 1. The highest BCUT2D eigenvalue weighted by Crippen LogP contribution is 2.15. The Bertz CT molecular complexity index is 457. The molecule has 0 bridgehead atoms. The van der Waals surface area contributed by atoms with Crippen molar-refractivity contribution in [1.29, 1.82) is 0 Å². The van der Waals surface area contributed by atoms with E-state index in [2.05, 4.69) is 11.4 Å². The number of hydrogen-bond donors (Lipinski definition) is 1. The van der Waals surface area contributed by atoms with Crippen molar-refractivity contribution in [1.82, 2.24) is 10.2 Å². The lowest BCUT2D eigenvalue weighted by atomic mass is 10.0. The number of carbonyl (C=O) groups is 1. The summed E-state index contributed by atoms with van der Waals surface area (Å²) in [4.78, 5) is 14.4. The first-order chi connectivity index (χ1) is 9.11. The van der Waals surface area contributed by atoms with Crippen molar-refractivity contribution in [3.8, 4) is 0 Å². The molecule has 1 heterocycles. The summed E-state index contributed by atoms with van der Waals surface area (Å²) in [6.45, 7) is 6.75. The van der Waals surface area contributed by atoms with Crippen LogP contribution < -0.4 is 5.32 Å². The molecule has 1 aromatic rings. The maximum Gasteiger partial charge on any atom is 0.254 e. The Morgan fingerprint density at radius 1 is 1.47 bits per heavy atom. The van der Waals surface area contributed by atoms with E-state index < -0.39 is 0 Å². The molecule has 1 N–H and O–H groups in total. The summed E-state index contributed by atoms with van der Waals surface area (Å²) in [6, 6.07) is 5.97. The number of carbonyl (C=O) groups excluding carboxylic acids is 1.